The molecule has 0 aliphatic rings. The molecule has 2 aromatic carbocycles. The van der Waals surface area contributed by atoms with Crippen molar-refractivity contribution in [2.75, 3.05) is 13.2 Å². The lowest BCUT2D eigenvalue weighted by Gasteiger charge is -2.11. The van der Waals surface area contributed by atoms with Gasteiger partial charge in [0.2, 0.25) is 0 Å². The van der Waals surface area contributed by atoms with E-state index < -0.39 is 5.82 Å². The van der Waals surface area contributed by atoms with Gasteiger partial charge < -0.3 is 9.47 Å². The molecule has 0 saturated heterocycles. The van der Waals surface area contributed by atoms with Crippen LogP contribution in [0.1, 0.15) is 25.0 Å². The highest BCUT2D eigenvalue weighted by atomic mass is 19.1. The lowest BCUT2D eigenvalue weighted by Crippen LogP contribution is -1.97. The standard InChI is InChI=1S/C19H18FNO2/c1-3-22-16-10-9-14(19(12-16)23-4-2)11-15(13-21)17-7-5-6-8-18(17)20/h5-12H,3-4H2,1-2H3. The zero-order valence-electron chi connectivity index (χ0n) is 13.2. The number of hydrogen-bond donors (Lipinski definition) is 0. The molecule has 0 bridgehead atoms. The van der Waals surface area contributed by atoms with Gasteiger partial charge >= 0.3 is 0 Å². The number of ether oxygens (including phenoxy) is 2. The van der Waals surface area contributed by atoms with Crippen LogP contribution in [0.3, 0.4) is 0 Å². The topological polar surface area (TPSA) is 42.2 Å². The fourth-order valence-corrected chi connectivity index (χ4v) is 2.18. The second kappa shape index (κ2) is 8.00. The summed E-state index contributed by atoms with van der Waals surface area (Å²) in [6, 6.07) is 13.6. The molecule has 0 aromatic heterocycles. The molecule has 2 rings (SSSR count). The highest BCUT2D eigenvalue weighted by Crippen LogP contribution is 2.29. The van der Waals surface area contributed by atoms with Crippen LogP contribution >= 0.6 is 0 Å². The third-order valence-corrected chi connectivity index (χ3v) is 3.18. The number of benzene rings is 2. The molecule has 3 nitrogen and oxygen atoms in total. The molecule has 0 fully saturated rings. The molecule has 0 aliphatic heterocycles. The van der Waals surface area contributed by atoms with Crippen molar-refractivity contribution in [3.63, 3.8) is 0 Å². The maximum atomic E-state index is 13.9. The smallest absolute Gasteiger partial charge is 0.131 e. The van der Waals surface area contributed by atoms with Gasteiger partial charge in [-0.25, -0.2) is 4.39 Å². The maximum Gasteiger partial charge on any atom is 0.131 e. The molecule has 2 aromatic rings. The van der Waals surface area contributed by atoms with E-state index in [4.69, 9.17) is 9.47 Å². The normalized spacial score (nSPS) is 11.0. The highest BCUT2D eigenvalue weighted by molar-refractivity contribution is 5.90. The van der Waals surface area contributed by atoms with Crippen LogP contribution in [0.5, 0.6) is 11.5 Å². The Kier molecular flexibility index (Phi) is 5.76. The average Bonchev–Trinajstić information content (AvgIpc) is 2.56. The Morgan fingerprint density at radius 2 is 1.87 bits per heavy atom. The van der Waals surface area contributed by atoms with Gasteiger partial charge in [0.15, 0.2) is 0 Å². The first-order chi connectivity index (χ1) is 11.2. The van der Waals surface area contributed by atoms with Crippen molar-refractivity contribution in [3.8, 4) is 17.6 Å². The number of hydrogen-bond acceptors (Lipinski definition) is 3. The van der Waals surface area contributed by atoms with Gasteiger partial charge in [0.05, 0.1) is 24.9 Å². The Hall–Kier alpha value is -2.80. The fourth-order valence-electron chi connectivity index (χ4n) is 2.18. The van der Waals surface area contributed by atoms with Crippen LogP contribution in [-0.4, -0.2) is 13.2 Å². The molecule has 0 aliphatic carbocycles. The van der Waals surface area contributed by atoms with E-state index >= 15 is 0 Å². The first-order valence-electron chi connectivity index (χ1n) is 7.46. The molecule has 0 heterocycles. The molecule has 0 unspecified atom stereocenters. The summed E-state index contributed by atoms with van der Waals surface area (Å²) in [4.78, 5) is 0. The van der Waals surface area contributed by atoms with Gasteiger partial charge in [-0.1, -0.05) is 18.2 Å². The second-order valence-electron chi connectivity index (χ2n) is 4.72. The van der Waals surface area contributed by atoms with Crippen molar-refractivity contribution in [3.05, 3.63) is 59.4 Å². The van der Waals surface area contributed by atoms with Gasteiger partial charge in [-0.2, -0.15) is 5.26 Å². The van der Waals surface area contributed by atoms with Crippen LogP contribution in [0.25, 0.3) is 11.6 Å². The first-order valence-corrected chi connectivity index (χ1v) is 7.46. The quantitative estimate of drug-likeness (QED) is 0.574. The second-order valence-corrected chi connectivity index (χ2v) is 4.72. The van der Waals surface area contributed by atoms with E-state index in [0.29, 0.717) is 30.3 Å². The van der Waals surface area contributed by atoms with Gasteiger partial charge in [0, 0.05) is 17.2 Å². The molecule has 0 amide bonds. The molecule has 0 N–H and O–H groups in total. The van der Waals surface area contributed by atoms with Crippen LogP contribution in [0, 0.1) is 17.1 Å². The Labute approximate surface area is 135 Å². The van der Waals surface area contributed by atoms with E-state index in [9.17, 15) is 9.65 Å². The van der Waals surface area contributed by atoms with Crippen LogP contribution in [-0.2, 0) is 0 Å². The molecular formula is C19H18FNO2. The summed E-state index contributed by atoms with van der Waals surface area (Å²) in [5.41, 5.74) is 1.22. The molecule has 4 heteroatoms. The van der Waals surface area contributed by atoms with Crippen molar-refractivity contribution in [2.24, 2.45) is 0 Å². The summed E-state index contributed by atoms with van der Waals surface area (Å²) < 4.78 is 25.0. The van der Waals surface area contributed by atoms with Gasteiger partial charge in [-0.15, -0.1) is 0 Å². The van der Waals surface area contributed by atoms with Crippen molar-refractivity contribution in [1.82, 2.24) is 0 Å². The molecule has 0 spiro atoms. The minimum absolute atomic E-state index is 0.244. The summed E-state index contributed by atoms with van der Waals surface area (Å²) in [5.74, 6) is 0.865. The third-order valence-electron chi connectivity index (χ3n) is 3.18. The Morgan fingerprint density at radius 3 is 2.52 bits per heavy atom. The van der Waals surface area contributed by atoms with E-state index in [2.05, 4.69) is 6.07 Å². The largest absolute Gasteiger partial charge is 0.494 e. The van der Waals surface area contributed by atoms with Crippen molar-refractivity contribution in [2.45, 2.75) is 13.8 Å². The van der Waals surface area contributed by atoms with Gasteiger partial charge in [-0.3, -0.25) is 0 Å². The predicted molar refractivity (Wildman–Crippen MR) is 88.7 cm³/mol. The van der Waals surface area contributed by atoms with E-state index in [1.807, 2.05) is 13.8 Å². The Morgan fingerprint density at radius 1 is 1.13 bits per heavy atom. The zero-order chi connectivity index (χ0) is 16.7. The van der Waals surface area contributed by atoms with Crippen LogP contribution in [0.4, 0.5) is 4.39 Å². The highest BCUT2D eigenvalue weighted by Gasteiger charge is 2.10. The zero-order valence-corrected chi connectivity index (χ0v) is 13.2. The molecule has 118 valence electrons. The fraction of sp³-hybridized carbons (Fsp3) is 0.211. The van der Waals surface area contributed by atoms with Gasteiger partial charge in [-0.05, 0) is 38.1 Å². The summed E-state index contributed by atoms with van der Waals surface area (Å²) in [5, 5.41) is 9.37. The van der Waals surface area contributed by atoms with Crippen LogP contribution in [0.2, 0.25) is 0 Å². The summed E-state index contributed by atoms with van der Waals surface area (Å²) in [7, 11) is 0. The van der Waals surface area contributed by atoms with Crippen LogP contribution in [0.15, 0.2) is 42.5 Å². The molecule has 0 saturated carbocycles. The summed E-state index contributed by atoms with van der Waals surface area (Å²) >= 11 is 0. The minimum atomic E-state index is -0.427. The summed E-state index contributed by atoms with van der Waals surface area (Å²) in [6.45, 7) is 4.82. The number of halogens is 1. The van der Waals surface area contributed by atoms with E-state index in [1.54, 1.807) is 42.5 Å². The van der Waals surface area contributed by atoms with Gasteiger partial charge in [0.1, 0.15) is 17.3 Å². The monoisotopic (exact) mass is 311 g/mol. The number of nitrogens with zero attached hydrogens (tertiary/aromatic N) is 1. The van der Waals surface area contributed by atoms with Crippen molar-refractivity contribution in [1.29, 1.82) is 5.26 Å². The molecule has 23 heavy (non-hydrogen) atoms. The maximum absolute atomic E-state index is 13.9. The van der Waals surface area contributed by atoms with Gasteiger partial charge in [0.25, 0.3) is 0 Å². The number of allylic oxidation sites excluding steroid dienone is 1. The van der Waals surface area contributed by atoms with Crippen molar-refractivity contribution >= 4 is 11.6 Å². The Balaban J connectivity index is 2.47. The van der Waals surface area contributed by atoms with E-state index in [1.165, 1.54) is 6.07 Å². The number of rotatable bonds is 6. The Bertz CT molecular complexity index is 747. The molecule has 0 atom stereocenters. The number of nitriles is 1. The van der Waals surface area contributed by atoms with Crippen molar-refractivity contribution < 1.29 is 13.9 Å². The van der Waals surface area contributed by atoms with E-state index in [-0.39, 0.29) is 11.1 Å². The lowest BCUT2D eigenvalue weighted by atomic mass is 10.0. The molecular weight excluding hydrogens is 293 g/mol. The molecule has 0 radical (unpaired) electrons. The average molecular weight is 311 g/mol. The first kappa shape index (κ1) is 16.6. The lowest BCUT2D eigenvalue weighted by molar-refractivity contribution is 0.322. The van der Waals surface area contributed by atoms with E-state index in [0.717, 1.165) is 0 Å². The SMILES string of the molecule is CCOc1ccc(C=C(C#N)c2ccccc2F)c(OCC)c1. The predicted octanol–water partition coefficient (Wildman–Crippen LogP) is 4.69. The summed E-state index contributed by atoms with van der Waals surface area (Å²) in [6.07, 6.45) is 1.62. The van der Waals surface area contributed by atoms with Crippen LogP contribution < -0.4 is 9.47 Å². The third kappa shape index (κ3) is 4.10. The minimum Gasteiger partial charge on any atom is -0.494 e.